The lowest BCUT2D eigenvalue weighted by Crippen LogP contribution is -2.30. The van der Waals surface area contributed by atoms with E-state index in [4.69, 9.17) is 0 Å². The molecule has 1 fully saturated rings. The summed E-state index contributed by atoms with van der Waals surface area (Å²) in [4.78, 5) is 0. The average Bonchev–Trinajstić information content (AvgIpc) is 2.97. The SMILES string of the molecule is CNC1CCCC1Sc1nnc2ccccn12. The third kappa shape index (κ3) is 2.05. The molecule has 2 unspecified atom stereocenters. The Hall–Kier alpha value is -1.07. The summed E-state index contributed by atoms with van der Waals surface area (Å²) in [6.07, 6.45) is 5.86. The van der Waals surface area contributed by atoms with Crippen molar-refractivity contribution in [2.24, 2.45) is 0 Å². The number of nitrogens with one attached hydrogen (secondary N) is 1. The third-order valence-electron chi connectivity index (χ3n) is 3.36. The number of hydrogen-bond donors (Lipinski definition) is 1. The molecule has 4 nitrogen and oxygen atoms in total. The molecule has 0 spiro atoms. The molecule has 2 aromatic rings. The topological polar surface area (TPSA) is 42.2 Å². The van der Waals surface area contributed by atoms with Crippen LogP contribution in [-0.4, -0.2) is 32.9 Å². The van der Waals surface area contributed by atoms with Crippen LogP contribution in [0.25, 0.3) is 5.65 Å². The van der Waals surface area contributed by atoms with Gasteiger partial charge in [0.15, 0.2) is 10.8 Å². The first-order valence-corrected chi connectivity index (χ1v) is 6.90. The van der Waals surface area contributed by atoms with Crippen LogP contribution in [0.15, 0.2) is 29.6 Å². The molecule has 3 rings (SSSR count). The molecule has 2 atom stereocenters. The van der Waals surface area contributed by atoms with Gasteiger partial charge in [0.1, 0.15) is 0 Å². The molecule has 0 amide bonds. The zero-order valence-corrected chi connectivity index (χ0v) is 10.7. The van der Waals surface area contributed by atoms with E-state index < -0.39 is 0 Å². The molecule has 0 saturated heterocycles. The highest BCUT2D eigenvalue weighted by Crippen LogP contribution is 2.34. The molecule has 1 aliphatic rings. The van der Waals surface area contributed by atoms with E-state index >= 15 is 0 Å². The van der Waals surface area contributed by atoms with Gasteiger partial charge in [-0.3, -0.25) is 4.40 Å². The first-order valence-electron chi connectivity index (χ1n) is 6.02. The fourth-order valence-electron chi connectivity index (χ4n) is 2.43. The second-order valence-electron chi connectivity index (χ2n) is 4.39. The molecule has 5 heteroatoms. The lowest BCUT2D eigenvalue weighted by Gasteiger charge is -2.16. The van der Waals surface area contributed by atoms with E-state index in [2.05, 4.69) is 19.9 Å². The largest absolute Gasteiger partial charge is 0.316 e. The molecule has 0 aliphatic heterocycles. The fraction of sp³-hybridized carbons (Fsp3) is 0.500. The molecule has 1 N–H and O–H groups in total. The van der Waals surface area contributed by atoms with E-state index in [9.17, 15) is 0 Å². The number of thioether (sulfide) groups is 1. The molecule has 17 heavy (non-hydrogen) atoms. The molecule has 0 bridgehead atoms. The highest BCUT2D eigenvalue weighted by molar-refractivity contribution is 7.99. The van der Waals surface area contributed by atoms with Crippen molar-refractivity contribution >= 4 is 17.4 Å². The quantitative estimate of drug-likeness (QED) is 0.901. The number of fused-ring (bicyclic) bond motifs is 1. The lowest BCUT2D eigenvalue weighted by molar-refractivity contribution is 0.590. The van der Waals surface area contributed by atoms with Crippen molar-refractivity contribution in [1.29, 1.82) is 0 Å². The smallest absolute Gasteiger partial charge is 0.195 e. The Kier molecular flexibility index (Phi) is 3.03. The van der Waals surface area contributed by atoms with Crippen molar-refractivity contribution in [2.45, 2.75) is 35.7 Å². The number of pyridine rings is 1. The zero-order valence-electron chi connectivity index (χ0n) is 9.84. The van der Waals surface area contributed by atoms with Gasteiger partial charge in [-0.2, -0.15) is 0 Å². The summed E-state index contributed by atoms with van der Waals surface area (Å²) in [7, 11) is 2.05. The standard InChI is InChI=1S/C12H16N4S/c1-13-9-5-4-6-10(9)17-12-15-14-11-7-2-3-8-16(11)12/h2-3,7-10,13H,4-6H2,1H3. The summed E-state index contributed by atoms with van der Waals surface area (Å²) in [5.74, 6) is 0. The van der Waals surface area contributed by atoms with E-state index in [1.54, 1.807) is 0 Å². The average molecular weight is 248 g/mol. The Morgan fingerprint density at radius 3 is 3.18 bits per heavy atom. The second-order valence-corrected chi connectivity index (χ2v) is 5.60. The number of rotatable bonds is 3. The fourth-order valence-corrected chi connectivity index (χ4v) is 3.78. The first kappa shape index (κ1) is 11.0. The van der Waals surface area contributed by atoms with Gasteiger partial charge in [-0.25, -0.2) is 0 Å². The highest BCUT2D eigenvalue weighted by Gasteiger charge is 2.28. The van der Waals surface area contributed by atoms with Crippen molar-refractivity contribution in [3.63, 3.8) is 0 Å². The van der Waals surface area contributed by atoms with E-state index in [-0.39, 0.29) is 0 Å². The Morgan fingerprint density at radius 2 is 2.29 bits per heavy atom. The number of aromatic nitrogens is 3. The van der Waals surface area contributed by atoms with Gasteiger partial charge < -0.3 is 5.32 Å². The molecule has 90 valence electrons. The van der Waals surface area contributed by atoms with Crippen LogP contribution in [0, 0.1) is 0 Å². The van der Waals surface area contributed by atoms with E-state index in [1.165, 1.54) is 19.3 Å². The highest BCUT2D eigenvalue weighted by atomic mass is 32.2. The predicted octanol–water partition coefficient (Wildman–Crippen LogP) is 1.96. The van der Waals surface area contributed by atoms with Crippen LogP contribution in [0.3, 0.4) is 0 Å². The molecule has 2 heterocycles. The molecular formula is C12H16N4S. The van der Waals surface area contributed by atoms with Gasteiger partial charge in [0.25, 0.3) is 0 Å². The minimum absolute atomic E-state index is 0.607. The maximum atomic E-state index is 4.28. The Bertz CT molecular complexity index is 510. The van der Waals surface area contributed by atoms with Crippen LogP contribution in [0.5, 0.6) is 0 Å². The first-order chi connectivity index (χ1) is 8.38. The molecule has 1 saturated carbocycles. The van der Waals surface area contributed by atoms with Gasteiger partial charge in [-0.05, 0) is 32.0 Å². The van der Waals surface area contributed by atoms with Crippen LogP contribution in [-0.2, 0) is 0 Å². The minimum Gasteiger partial charge on any atom is -0.316 e. The Labute approximate surface area is 105 Å². The molecule has 1 aliphatic carbocycles. The van der Waals surface area contributed by atoms with Crippen molar-refractivity contribution in [3.8, 4) is 0 Å². The second kappa shape index (κ2) is 4.66. The summed E-state index contributed by atoms with van der Waals surface area (Å²) in [6, 6.07) is 6.60. The van der Waals surface area contributed by atoms with Crippen molar-refractivity contribution < 1.29 is 0 Å². The van der Waals surface area contributed by atoms with E-state index in [0.717, 1.165) is 10.8 Å². The van der Waals surface area contributed by atoms with Crippen LogP contribution in [0.2, 0.25) is 0 Å². The van der Waals surface area contributed by atoms with Crippen molar-refractivity contribution in [1.82, 2.24) is 19.9 Å². The van der Waals surface area contributed by atoms with Crippen molar-refractivity contribution in [2.75, 3.05) is 7.05 Å². The monoisotopic (exact) mass is 248 g/mol. The summed E-state index contributed by atoms with van der Waals surface area (Å²) in [6.45, 7) is 0. The molecule has 0 aromatic carbocycles. The third-order valence-corrected chi connectivity index (χ3v) is 4.72. The number of nitrogens with zero attached hydrogens (tertiary/aromatic N) is 3. The molecule has 2 aromatic heterocycles. The van der Waals surface area contributed by atoms with Gasteiger partial charge in [0.2, 0.25) is 0 Å². The molecule has 0 radical (unpaired) electrons. The van der Waals surface area contributed by atoms with Crippen LogP contribution < -0.4 is 5.32 Å². The van der Waals surface area contributed by atoms with Gasteiger partial charge >= 0.3 is 0 Å². The molecular weight excluding hydrogens is 232 g/mol. The predicted molar refractivity (Wildman–Crippen MR) is 69.3 cm³/mol. The summed E-state index contributed by atoms with van der Waals surface area (Å²) >= 11 is 1.85. The summed E-state index contributed by atoms with van der Waals surface area (Å²) in [5.41, 5.74) is 0.925. The van der Waals surface area contributed by atoms with E-state index in [0.29, 0.717) is 11.3 Å². The van der Waals surface area contributed by atoms with Gasteiger partial charge in [-0.15, -0.1) is 10.2 Å². The maximum absolute atomic E-state index is 4.28. The summed E-state index contributed by atoms with van der Waals surface area (Å²) in [5, 5.41) is 13.5. The summed E-state index contributed by atoms with van der Waals surface area (Å²) < 4.78 is 2.07. The van der Waals surface area contributed by atoms with Gasteiger partial charge in [0.05, 0.1) is 0 Å². The Morgan fingerprint density at radius 1 is 1.35 bits per heavy atom. The normalized spacial score (nSPS) is 24.5. The minimum atomic E-state index is 0.607. The van der Waals surface area contributed by atoms with Crippen LogP contribution in [0.4, 0.5) is 0 Å². The van der Waals surface area contributed by atoms with E-state index in [1.807, 2.05) is 43.2 Å². The van der Waals surface area contributed by atoms with Gasteiger partial charge in [-0.1, -0.05) is 24.2 Å². The Balaban J connectivity index is 1.85. The van der Waals surface area contributed by atoms with Crippen molar-refractivity contribution in [3.05, 3.63) is 24.4 Å². The van der Waals surface area contributed by atoms with Gasteiger partial charge in [0, 0.05) is 17.5 Å². The lowest BCUT2D eigenvalue weighted by atomic mass is 10.2. The number of hydrogen-bond acceptors (Lipinski definition) is 4. The maximum Gasteiger partial charge on any atom is 0.195 e. The zero-order chi connectivity index (χ0) is 11.7. The van der Waals surface area contributed by atoms with Crippen LogP contribution in [0.1, 0.15) is 19.3 Å². The van der Waals surface area contributed by atoms with Crippen LogP contribution >= 0.6 is 11.8 Å².